The van der Waals surface area contributed by atoms with Crippen LogP contribution in [0.1, 0.15) is 39.0 Å². The van der Waals surface area contributed by atoms with Gasteiger partial charge < -0.3 is 5.32 Å². The summed E-state index contributed by atoms with van der Waals surface area (Å²) in [4.78, 5) is 14.0. The number of halogens is 1. The molecule has 0 saturated carbocycles. The highest BCUT2D eigenvalue weighted by atomic mass is 32.1. The highest BCUT2D eigenvalue weighted by molar-refractivity contribution is 7.14. The molecule has 0 fully saturated rings. The van der Waals surface area contributed by atoms with E-state index in [1.54, 1.807) is 12.1 Å². The zero-order chi connectivity index (χ0) is 14.5. The SMILES string of the molecule is CCCc1cc(C(=O)NCc2ccc(F)cc2)sc1C. The fraction of sp³-hybridized carbons (Fsp3) is 0.312. The van der Waals surface area contributed by atoms with E-state index in [-0.39, 0.29) is 11.7 Å². The molecule has 2 rings (SSSR count). The average molecular weight is 291 g/mol. The number of benzene rings is 1. The first-order valence-electron chi connectivity index (χ1n) is 6.72. The Balaban J connectivity index is 1.97. The quantitative estimate of drug-likeness (QED) is 0.883. The lowest BCUT2D eigenvalue weighted by molar-refractivity contribution is 0.0955. The minimum Gasteiger partial charge on any atom is -0.347 e. The average Bonchev–Trinajstić information content (AvgIpc) is 2.80. The number of nitrogens with one attached hydrogen (secondary N) is 1. The molecule has 1 aromatic heterocycles. The Bertz CT molecular complexity index is 589. The summed E-state index contributed by atoms with van der Waals surface area (Å²) < 4.78 is 12.8. The number of thiophene rings is 1. The van der Waals surface area contributed by atoms with Gasteiger partial charge in [0.2, 0.25) is 0 Å². The van der Waals surface area contributed by atoms with Gasteiger partial charge in [0, 0.05) is 11.4 Å². The second kappa shape index (κ2) is 6.66. The lowest BCUT2D eigenvalue weighted by Gasteiger charge is -2.03. The minimum absolute atomic E-state index is 0.0650. The van der Waals surface area contributed by atoms with Crippen LogP contribution in [0, 0.1) is 12.7 Å². The van der Waals surface area contributed by atoms with Gasteiger partial charge in [0.05, 0.1) is 4.88 Å². The topological polar surface area (TPSA) is 29.1 Å². The summed E-state index contributed by atoms with van der Waals surface area (Å²) in [6.45, 7) is 4.59. The van der Waals surface area contributed by atoms with Crippen LogP contribution in [0.4, 0.5) is 4.39 Å². The van der Waals surface area contributed by atoms with Crippen molar-refractivity contribution in [2.24, 2.45) is 0 Å². The predicted molar refractivity (Wildman–Crippen MR) is 80.6 cm³/mol. The molecule has 0 unspecified atom stereocenters. The first kappa shape index (κ1) is 14.7. The molecule has 1 N–H and O–H groups in total. The van der Waals surface area contributed by atoms with E-state index in [0.29, 0.717) is 6.54 Å². The minimum atomic E-state index is -0.266. The van der Waals surface area contributed by atoms with Crippen LogP contribution in [0.2, 0.25) is 0 Å². The zero-order valence-electron chi connectivity index (χ0n) is 11.7. The Morgan fingerprint density at radius 3 is 2.65 bits per heavy atom. The van der Waals surface area contributed by atoms with Crippen LogP contribution in [0.3, 0.4) is 0 Å². The van der Waals surface area contributed by atoms with E-state index >= 15 is 0 Å². The summed E-state index contributed by atoms with van der Waals surface area (Å²) in [5, 5.41) is 2.87. The van der Waals surface area contributed by atoms with Gasteiger partial charge in [-0.3, -0.25) is 4.79 Å². The van der Waals surface area contributed by atoms with Crippen molar-refractivity contribution in [3.8, 4) is 0 Å². The van der Waals surface area contributed by atoms with E-state index in [1.165, 1.54) is 33.9 Å². The van der Waals surface area contributed by atoms with Crippen molar-refractivity contribution >= 4 is 17.2 Å². The zero-order valence-corrected chi connectivity index (χ0v) is 12.5. The monoisotopic (exact) mass is 291 g/mol. The Hall–Kier alpha value is -1.68. The fourth-order valence-corrected chi connectivity index (χ4v) is 3.01. The molecule has 0 saturated heterocycles. The van der Waals surface area contributed by atoms with Crippen molar-refractivity contribution in [1.82, 2.24) is 5.32 Å². The van der Waals surface area contributed by atoms with Gasteiger partial charge in [-0.05, 0) is 42.7 Å². The Morgan fingerprint density at radius 1 is 1.30 bits per heavy atom. The van der Waals surface area contributed by atoms with Gasteiger partial charge in [-0.2, -0.15) is 0 Å². The Labute approximate surface area is 122 Å². The lowest BCUT2D eigenvalue weighted by Crippen LogP contribution is -2.21. The molecule has 0 aliphatic rings. The van der Waals surface area contributed by atoms with Crippen LogP contribution < -0.4 is 5.32 Å². The fourth-order valence-electron chi connectivity index (χ4n) is 2.02. The molecule has 1 amide bonds. The van der Waals surface area contributed by atoms with Gasteiger partial charge in [-0.1, -0.05) is 25.5 Å². The summed E-state index contributed by atoms with van der Waals surface area (Å²) in [7, 11) is 0. The van der Waals surface area contributed by atoms with E-state index in [0.717, 1.165) is 23.3 Å². The molecule has 0 aliphatic carbocycles. The van der Waals surface area contributed by atoms with Crippen molar-refractivity contribution in [3.05, 3.63) is 57.0 Å². The third kappa shape index (κ3) is 3.67. The maximum atomic E-state index is 12.8. The second-order valence-corrected chi connectivity index (χ2v) is 6.01. The van der Waals surface area contributed by atoms with Crippen LogP contribution >= 0.6 is 11.3 Å². The van der Waals surface area contributed by atoms with Crippen LogP contribution in [0.15, 0.2) is 30.3 Å². The standard InChI is InChI=1S/C16H18FNOS/c1-3-4-13-9-15(20-11(13)2)16(19)18-10-12-5-7-14(17)8-6-12/h5-9H,3-4,10H2,1-2H3,(H,18,19). The molecule has 0 atom stereocenters. The summed E-state index contributed by atoms with van der Waals surface area (Å²) in [6.07, 6.45) is 2.09. The molecule has 1 heterocycles. The summed E-state index contributed by atoms with van der Waals surface area (Å²) >= 11 is 1.53. The van der Waals surface area contributed by atoms with Gasteiger partial charge in [-0.15, -0.1) is 11.3 Å². The molecule has 20 heavy (non-hydrogen) atoms. The Morgan fingerprint density at radius 2 is 2.00 bits per heavy atom. The van der Waals surface area contributed by atoms with Crippen molar-refractivity contribution in [3.63, 3.8) is 0 Å². The number of rotatable bonds is 5. The van der Waals surface area contributed by atoms with E-state index in [4.69, 9.17) is 0 Å². The molecule has 0 radical (unpaired) electrons. The maximum Gasteiger partial charge on any atom is 0.261 e. The molecule has 4 heteroatoms. The van der Waals surface area contributed by atoms with Gasteiger partial charge in [0.15, 0.2) is 0 Å². The Kier molecular flexibility index (Phi) is 4.90. The van der Waals surface area contributed by atoms with E-state index in [2.05, 4.69) is 12.2 Å². The third-order valence-electron chi connectivity index (χ3n) is 3.13. The van der Waals surface area contributed by atoms with Gasteiger partial charge in [0.1, 0.15) is 5.82 Å². The molecule has 1 aromatic carbocycles. The normalized spacial score (nSPS) is 10.6. The first-order valence-corrected chi connectivity index (χ1v) is 7.53. The van der Waals surface area contributed by atoms with Gasteiger partial charge in [0.25, 0.3) is 5.91 Å². The summed E-state index contributed by atoms with van der Waals surface area (Å²) in [5.74, 6) is -0.331. The highest BCUT2D eigenvalue weighted by Gasteiger charge is 2.11. The lowest BCUT2D eigenvalue weighted by atomic mass is 10.1. The van der Waals surface area contributed by atoms with Gasteiger partial charge in [-0.25, -0.2) is 4.39 Å². The predicted octanol–water partition coefficient (Wildman–Crippen LogP) is 4.08. The van der Waals surface area contributed by atoms with Crippen LogP contribution in [-0.2, 0) is 13.0 Å². The largest absolute Gasteiger partial charge is 0.347 e. The molecule has 2 nitrogen and oxygen atoms in total. The number of hydrogen-bond donors (Lipinski definition) is 1. The van der Waals surface area contributed by atoms with E-state index in [1.807, 2.05) is 13.0 Å². The van der Waals surface area contributed by atoms with E-state index < -0.39 is 0 Å². The number of aryl methyl sites for hydroxylation is 2. The number of hydrogen-bond acceptors (Lipinski definition) is 2. The molecule has 0 spiro atoms. The highest BCUT2D eigenvalue weighted by Crippen LogP contribution is 2.22. The van der Waals surface area contributed by atoms with Crippen LogP contribution in [0.5, 0.6) is 0 Å². The smallest absolute Gasteiger partial charge is 0.261 e. The number of carbonyl (C=O) groups excluding carboxylic acids is 1. The van der Waals surface area contributed by atoms with Crippen molar-refractivity contribution in [2.45, 2.75) is 33.2 Å². The maximum absolute atomic E-state index is 12.8. The summed E-state index contributed by atoms with van der Waals surface area (Å²) in [5.41, 5.74) is 2.14. The molecule has 106 valence electrons. The first-order chi connectivity index (χ1) is 9.60. The molecular weight excluding hydrogens is 273 g/mol. The van der Waals surface area contributed by atoms with Crippen molar-refractivity contribution in [1.29, 1.82) is 0 Å². The van der Waals surface area contributed by atoms with Crippen LogP contribution in [0.25, 0.3) is 0 Å². The van der Waals surface area contributed by atoms with E-state index in [9.17, 15) is 9.18 Å². The van der Waals surface area contributed by atoms with Crippen molar-refractivity contribution in [2.75, 3.05) is 0 Å². The summed E-state index contributed by atoms with van der Waals surface area (Å²) in [6, 6.07) is 8.13. The second-order valence-electron chi connectivity index (χ2n) is 4.75. The molecular formula is C16H18FNOS. The van der Waals surface area contributed by atoms with Crippen LogP contribution in [-0.4, -0.2) is 5.91 Å². The number of amides is 1. The number of carbonyl (C=O) groups is 1. The molecule has 2 aromatic rings. The third-order valence-corrected chi connectivity index (χ3v) is 4.22. The van der Waals surface area contributed by atoms with Gasteiger partial charge >= 0.3 is 0 Å². The molecule has 0 aliphatic heterocycles. The molecule has 0 bridgehead atoms. The van der Waals surface area contributed by atoms with Crippen molar-refractivity contribution < 1.29 is 9.18 Å².